The molecule has 6 nitrogen and oxygen atoms in total. The molecule has 0 atom stereocenters. The third kappa shape index (κ3) is 2.28. The highest BCUT2D eigenvalue weighted by Crippen LogP contribution is 2.31. The van der Waals surface area contributed by atoms with E-state index in [1.54, 1.807) is 0 Å². The highest BCUT2D eigenvalue weighted by molar-refractivity contribution is 7.14. The van der Waals surface area contributed by atoms with E-state index in [-0.39, 0.29) is 17.3 Å². The molecule has 0 unspecified atom stereocenters. The van der Waals surface area contributed by atoms with Crippen molar-refractivity contribution in [2.75, 3.05) is 0 Å². The van der Waals surface area contributed by atoms with Crippen molar-refractivity contribution in [3.05, 3.63) is 33.5 Å². The monoisotopic (exact) mass is 250 g/mol. The van der Waals surface area contributed by atoms with Crippen LogP contribution in [0.4, 0.5) is 5.69 Å². The Bertz CT molecular complexity index is 553. The summed E-state index contributed by atoms with van der Waals surface area (Å²) in [5, 5.41) is 20.1. The summed E-state index contributed by atoms with van der Waals surface area (Å²) in [5.74, 6) is 0.254. The number of nitro groups is 1. The zero-order valence-electron chi connectivity index (χ0n) is 9.32. The standard InChI is InChI=1S/C10H10N4O2S/c1-6(2)9-12-13-10(17-9)8-7(14(15)16)4-3-5-11-8/h3-6H,1-2H3. The van der Waals surface area contributed by atoms with E-state index in [4.69, 9.17) is 0 Å². The molecule has 2 aromatic heterocycles. The third-order valence-corrected chi connectivity index (χ3v) is 3.35. The van der Waals surface area contributed by atoms with Crippen LogP contribution in [0.2, 0.25) is 0 Å². The molecular formula is C10H10N4O2S. The van der Waals surface area contributed by atoms with E-state index >= 15 is 0 Å². The molecule has 0 aliphatic heterocycles. The van der Waals surface area contributed by atoms with Gasteiger partial charge in [0.05, 0.1) is 4.92 Å². The van der Waals surface area contributed by atoms with Crippen LogP contribution in [0.15, 0.2) is 18.3 Å². The molecule has 7 heteroatoms. The largest absolute Gasteiger partial charge is 0.298 e. The lowest BCUT2D eigenvalue weighted by Crippen LogP contribution is -1.93. The summed E-state index contributed by atoms with van der Waals surface area (Å²) in [4.78, 5) is 14.4. The first-order valence-corrected chi connectivity index (χ1v) is 5.84. The second-order valence-electron chi connectivity index (χ2n) is 3.73. The smallest absolute Gasteiger partial charge is 0.258 e. The lowest BCUT2D eigenvalue weighted by atomic mass is 10.2. The fourth-order valence-corrected chi connectivity index (χ4v) is 2.12. The quantitative estimate of drug-likeness (QED) is 0.617. The van der Waals surface area contributed by atoms with Gasteiger partial charge in [0.2, 0.25) is 0 Å². The molecule has 88 valence electrons. The summed E-state index contributed by atoms with van der Waals surface area (Å²) in [7, 11) is 0. The molecule has 0 aromatic carbocycles. The van der Waals surface area contributed by atoms with Gasteiger partial charge in [-0.2, -0.15) is 0 Å². The van der Waals surface area contributed by atoms with Gasteiger partial charge in [-0.05, 0) is 6.07 Å². The molecule has 0 saturated heterocycles. The summed E-state index contributed by atoms with van der Waals surface area (Å²) in [6.45, 7) is 3.99. The Morgan fingerprint density at radius 3 is 2.76 bits per heavy atom. The number of nitrogens with zero attached hydrogens (tertiary/aromatic N) is 4. The van der Waals surface area contributed by atoms with Crippen molar-refractivity contribution < 1.29 is 4.92 Å². The minimum absolute atomic E-state index is 0.0426. The van der Waals surface area contributed by atoms with Crippen LogP contribution in [-0.2, 0) is 0 Å². The predicted molar refractivity (Wildman–Crippen MR) is 63.9 cm³/mol. The average Bonchev–Trinajstić information content (AvgIpc) is 2.78. The predicted octanol–water partition coefficient (Wildman–Crippen LogP) is 2.63. The Morgan fingerprint density at radius 1 is 1.41 bits per heavy atom. The van der Waals surface area contributed by atoms with E-state index in [1.165, 1.54) is 29.7 Å². The molecule has 0 aliphatic rings. The van der Waals surface area contributed by atoms with Crippen LogP contribution < -0.4 is 0 Å². The second-order valence-corrected chi connectivity index (χ2v) is 4.74. The van der Waals surface area contributed by atoms with E-state index in [2.05, 4.69) is 15.2 Å². The van der Waals surface area contributed by atoms with Gasteiger partial charge in [0.1, 0.15) is 5.01 Å². The van der Waals surface area contributed by atoms with Crippen molar-refractivity contribution in [3.8, 4) is 10.7 Å². The molecule has 0 bridgehead atoms. The Morgan fingerprint density at radius 2 is 2.18 bits per heavy atom. The van der Waals surface area contributed by atoms with Crippen molar-refractivity contribution >= 4 is 17.0 Å². The molecule has 2 aromatic rings. The van der Waals surface area contributed by atoms with Gasteiger partial charge >= 0.3 is 0 Å². The van der Waals surface area contributed by atoms with Crippen LogP contribution in [0.25, 0.3) is 10.7 Å². The fraction of sp³-hybridized carbons (Fsp3) is 0.300. The Labute approximate surface area is 102 Å². The highest BCUT2D eigenvalue weighted by Gasteiger charge is 2.20. The molecule has 0 fully saturated rings. The maximum atomic E-state index is 10.9. The molecule has 0 spiro atoms. The van der Waals surface area contributed by atoms with Gasteiger partial charge in [-0.1, -0.05) is 25.2 Å². The Balaban J connectivity index is 2.49. The van der Waals surface area contributed by atoms with Gasteiger partial charge in [0, 0.05) is 18.2 Å². The van der Waals surface area contributed by atoms with Gasteiger partial charge in [-0.15, -0.1) is 10.2 Å². The molecule has 0 radical (unpaired) electrons. The molecule has 0 aliphatic carbocycles. The molecule has 2 rings (SSSR count). The van der Waals surface area contributed by atoms with Gasteiger partial charge in [0.15, 0.2) is 10.7 Å². The molecule has 2 heterocycles. The zero-order valence-corrected chi connectivity index (χ0v) is 10.1. The van der Waals surface area contributed by atoms with Crippen LogP contribution in [0.3, 0.4) is 0 Å². The minimum Gasteiger partial charge on any atom is -0.258 e. The van der Waals surface area contributed by atoms with E-state index in [0.717, 1.165) is 5.01 Å². The van der Waals surface area contributed by atoms with Crippen LogP contribution in [0.1, 0.15) is 24.8 Å². The number of rotatable bonds is 3. The van der Waals surface area contributed by atoms with Crippen molar-refractivity contribution in [2.45, 2.75) is 19.8 Å². The van der Waals surface area contributed by atoms with E-state index < -0.39 is 4.92 Å². The SMILES string of the molecule is CC(C)c1nnc(-c2ncccc2[N+](=O)[O-])s1. The first kappa shape index (κ1) is 11.6. The maximum absolute atomic E-state index is 10.9. The molecule has 17 heavy (non-hydrogen) atoms. The van der Waals surface area contributed by atoms with Crippen molar-refractivity contribution in [3.63, 3.8) is 0 Å². The Kier molecular flexibility index (Phi) is 3.10. The van der Waals surface area contributed by atoms with E-state index in [0.29, 0.717) is 5.01 Å². The van der Waals surface area contributed by atoms with Crippen molar-refractivity contribution in [2.24, 2.45) is 0 Å². The number of hydrogen-bond acceptors (Lipinski definition) is 6. The minimum atomic E-state index is -0.460. The lowest BCUT2D eigenvalue weighted by Gasteiger charge is -1.96. The van der Waals surface area contributed by atoms with Crippen molar-refractivity contribution in [1.82, 2.24) is 15.2 Å². The number of aromatic nitrogens is 3. The molecule has 0 saturated carbocycles. The first-order valence-electron chi connectivity index (χ1n) is 5.02. The lowest BCUT2D eigenvalue weighted by molar-refractivity contribution is -0.384. The average molecular weight is 250 g/mol. The topological polar surface area (TPSA) is 81.8 Å². The summed E-state index contributed by atoms with van der Waals surface area (Å²) in [5.41, 5.74) is 0.237. The second kappa shape index (κ2) is 4.54. The van der Waals surface area contributed by atoms with Crippen LogP contribution >= 0.6 is 11.3 Å². The van der Waals surface area contributed by atoms with Gasteiger partial charge < -0.3 is 0 Å². The Hall–Kier alpha value is -1.89. The summed E-state index contributed by atoms with van der Waals surface area (Å²) >= 11 is 1.34. The summed E-state index contributed by atoms with van der Waals surface area (Å²) < 4.78 is 0. The van der Waals surface area contributed by atoms with Crippen molar-refractivity contribution in [1.29, 1.82) is 0 Å². The number of hydrogen-bond donors (Lipinski definition) is 0. The van der Waals surface area contributed by atoms with E-state index in [9.17, 15) is 10.1 Å². The van der Waals surface area contributed by atoms with Crippen LogP contribution in [0.5, 0.6) is 0 Å². The summed E-state index contributed by atoms with van der Waals surface area (Å²) in [6.07, 6.45) is 1.51. The summed E-state index contributed by atoms with van der Waals surface area (Å²) in [6, 6.07) is 2.95. The first-order chi connectivity index (χ1) is 8.09. The molecule has 0 N–H and O–H groups in total. The molecular weight excluding hydrogens is 240 g/mol. The normalized spacial score (nSPS) is 10.8. The van der Waals surface area contributed by atoms with Gasteiger partial charge in [-0.3, -0.25) is 10.1 Å². The third-order valence-electron chi connectivity index (χ3n) is 2.12. The maximum Gasteiger partial charge on any atom is 0.298 e. The van der Waals surface area contributed by atoms with Crippen LogP contribution in [0, 0.1) is 10.1 Å². The highest BCUT2D eigenvalue weighted by atomic mass is 32.1. The number of pyridine rings is 1. The van der Waals surface area contributed by atoms with Gasteiger partial charge in [0.25, 0.3) is 5.69 Å². The van der Waals surface area contributed by atoms with E-state index in [1.807, 2.05) is 13.8 Å². The molecule has 0 amide bonds. The fourth-order valence-electron chi connectivity index (χ4n) is 1.27. The van der Waals surface area contributed by atoms with Crippen LogP contribution in [-0.4, -0.2) is 20.1 Å². The zero-order chi connectivity index (χ0) is 12.4. The van der Waals surface area contributed by atoms with Gasteiger partial charge in [-0.25, -0.2) is 4.98 Å².